The minimum atomic E-state index is 0.143. The van der Waals surface area contributed by atoms with Crippen molar-refractivity contribution >= 4 is 28.5 Å². The highest BCUT2D eigenvalue weighted by Crippen LogP contribution is 2.68. The van der Waals surface area contributed by atoms with Gasteiger partial charge in [-0.1, -0.05) is 64.1 Å². The molecule has 94 valence electrons. The van der Waals surface area contributed by atoms with Crippen molar-refractivity contribution in [2.75, 3.05) is 4.43 Å². The second kappa shape index (κ2) is 4.46. The van der Waals surface area contributed by atoms with Crippen LogP contribution in [0.25, 0.3) is 0 Å². The Morgan fingerprint density at radius 3 is 1.94 bits per heavy atom. The molecule has 3 heteroatoms. The summed E-state index contributed by atoms with van der Waals surface area (Å²) < 4.78 is 0.981. The number of amides is 1. The van der Waals surface area contributed by atoms with E-state index in [1.54, 1.807) is 0 Å². The minimum absolute atomic E-state index is 0.143. The molecule has 1 rings (SSSR count). The van der Waals surface area contributed by atoms with Crippen LogP contribution in [0.5, 0.6) is 0 Å². The molecule has 1 atom stereocenters. The number of carbonyl (C=O) groups excluding carboxylic acids is 1. The largest absolute Gasteiger partial charge is 0.352 e. The Balaban J connectivity index is 2.62. The molecule has 0 heterocycles. The Hall–Kier alpha value is 0.200. The van der Waals surface area contributed by atoms with Crippen LogP contribution in [0, 0.1) is 22.7 Å². The van der Waals surface area contributed by atoms with E-state index < -0.39 is 0 Å². The van der Waals surface area contributed by atoms with E-state index in [1.807, 2.05) is 0 Å². The van der Waals surface area contributed by atoms with Gasteiger partial charge in [-0.25, -0.2) is 0 Å². The summed E-state index contributed by atoms with van der Waals surface area (Å²) in [6.07, 6.45) is 0. The number of rotatable bonds is 4. The fraction of sp³-hybridized carbons (Fsp3) is 0.923. The van der Waals surface area contributed by atoms with Gasteiger partial charge in [-0.2, -0.15) is 0 Å². The summed E-state index contributed by atoms with van der Waals surface area (Å²) in [4.78, 5) is 12.2. The Bertz CT molecular complexity index is 270. The highest BCUT2D eigenvalue weighted by molar-refractivity contribution is 14.1. The van der Waals surface area contributed by atoms with Crippen LogP contribution < -0.4 is 5.32 Å². The molecule has 1 N–H and O–H groups in total. The first-order valence-electron chi connectivity index (χ1n) is 6.02. The summed E-state index contributed by atoms with van der Waals surface area (Å²) >= 11 is 2.34. The molecule has 0 spiro atoms. The molecule has 1 saturated carbocycles. The van der Waals surface area contributed by atoms with Crippen LogP contribution in [0.3, 0.4) is 0 Å². The van der Waals surface area contributed by atoms with Gasteiger partial charge in [0.15, 0.2) is 0 Å². The van der Waals surface area contributed by atoms with E-state index in [1.165, 1.54) is 0 Å². The highest BCUT2D eigenvalue weighted by Gasteiger charge is 2.68. The van der Waals surface area contributed by atoms with Gasteiger partial charge in [-0.15, -0.1) is 0 Å². The van der Waals surface area contributed by atoms with Crippen LogP contribution in [0.4, 0.5) is 0 Å². The molecule has 0 radical (unpaired) electrons. The molecular formula is C13H24INO. The van der Waals surface area contributed by atoms with Gasteiger partial charge in [0.2, 0.25) is 5.91 Å². The lowest BCUT2D eigenvalue weighted by atomic mass is 10.0. The molecular weight excluding hydrogens is 313 g/mol. The van der Waals surface area contributed by atoms with E-state index >= 15 is 0 Å². The molecule has 0 aliphatic heterocycles. The summed E-state index contributed by atoms with van der Waals surface area (Å²) in [5.41, 5.74) is 0.285. The topological polar surface area (TPSA) is 29.1 Å². The number of halogens is 1. The molecule has 0 bridgehead atoms. The van der Waals surface area contributed by atoms with Crippen LogP contribution >= 0.6 is 22.6 Å². The average Bonchev–Trinajstić information content (AvgIpc) is 2.52. The van der Waals surface area contributed by atoms with Crippen molar-refractivity contribution in [3.8, 4) is 0 Å². The zero-order chi connectivity index (χ0) is 12.7. The molecule has 1 unspecified atom stereocenters. The molecule has 0 aromatic rings. The van der Waals surface area contributed by atoms with Gasteiger partial charge in [-0.05, 0) is 16.7 Å². The molecule has 0 saturated heterocycles. The first-order chi connectivity index (χ1) is 7.16. The van der Waals surface area contributed by atoms with Gasteiger partial charge in [0.05, 0.1) is 0 Å². The van der Waals surface area contributed by atoms with Crippen molar-refractivity contribution < 1.29 is 4.79 Å². The van der Waals surface area contributed by atoms with Crippen molar-refractivity contribution in [1.82, 2.24) is 5.32 Å². The van der Waals surface area contributed by atoms with Gasteiger partial charge in [-0.3, -0.25) is 4.79 Å². The summed E-state index contributed by atoms with van der Waals surface area (Å²) in [6, 6.07) is 0.306. The Morgan fingerprint density at radius 2 is 1.69 bits per heavy atom. The zero-order valence-electron chi connectivity index (χ0n) is 11.2. The van der Waals surface area contributed by atoms with E-state index in [2.05, 4.69) is 69.5 Å². The minimum Gasteiger partial charge on any atom is -0.352 e. The Kier molecular flexibility index (Phi) is 3.98. The maximum atomic E-state index is 12.2. The number of hydrogen-bond acceptors (Lipinski definition) is 1. The summed E-state index contributed by atoms with van der Waals surface area (Å²) in [5.74, 6) is 0.917. The van der Waals surface area contributed by atoms with Crippen LogP contribution in [-0.4, -0.2) is 16.4 Å². The molecule has 1 aliphatic rings. The molecule has 1 amide bonds. The first kappa shape index (κ1) is 14.3. The number of nitrogens with one attached hydrogen (secondary N) is 1. The second-order valence-electron chi connectivity index (χ2n) is 6.39. The Labute approximate surface area is 113 Å². The van der Waals surface area contributed by atoms with Gasteiger partial charge in [0.25, 0.3) is 0 Å². The summed E-state index contributed by atoms with van der Waals surface area (Å²) in [7, 11) is 0. The van der Waals surface area contributed by atoms with Crippen molar-refractivity contribution in [3.63, 3.8) is 0 Å². The average molecular weight is 337 g/mol. The van der Waals surface area contributed by atoms with E-state index in [0.717, 1.165) is 4.43 Å². The number of carbonyl (C=O) groups is 1. The van der Waals surface area contributed by atoms with E-state index in [-0.39, 0.29) is 22.7 Å². The lowest BCUT2D eigenvalue weighted by Crippen LogP contribution is -2.41. The lowest BCUT2D eigenvalue weighted by Gasteiger charge is -2.20. The fourth-order valence-corrected chi connectivity index (χ4v) is 3.74. The first-order valence-corrected chi connectivity index (χ1v) is 7.55. The van der Waals surface area contributed by atoms with Crippen LogP contribution in [-0.2, 0) is 4.79 Å². The summed E-state index contributed by atoms with van der Waals surface area (Å²) in [6.45, 7) is 13.1. The number of alkyl halides is 1. The molecule has 2 nitrogen and oxygen atoms in total. The molecule has 0 aromatic heterocycles. The summed E-state index contributed by atoms with van der Waals surface area (Å²) in [5, 5.41) is 3.19. The van der Waals surface area contributed by atoms with Gasteiger partial charge in [0, 0.05) is 16.4 Å². The quantitative estimate of drug-likeness (QED) is 0.619. The van der Waals surface area contributed by atoms with Crippen LogP contribution in [0.1, 0.15) is 41.5 Å². The zero-order valence-corrected chi connectivity index (χ0v) is 13.4. The maximum Gasteiger partial charge on any atom is 0.224 e. The van der Waals surface area contributed by atoms with E-state index in [0.29, 0.717) is 12.0 Å². The van der Waals surface area contributed by atoms with Crippen molar-refractivity contribution in [2.24, 2.45) is 22.7 Å². The fourth-order valence-electron chi connectivity index (χ4n) is 2.50. The standard InChI is InChI=1S/C13H24INO/c1-8(2)9(7-14)15-11(16)10-12(3,4)13(10,5)6/h8-10H,7H2,1-6H3,(H,15,16). The molecule has 16 heavy (non-hydrogen) atoms. The predicted octanol–water partition coefficient (Wildman–Crippen LogP) is 3.24. The van der Waals surface area contributed by atoms with Crippen molar-refractivity contribution in [3.05, 3.63) is 0 Å². The van der Waals surface area contributed by atoms with E-state index in [9.17, 15) is 4.79 Å². The monoisotopic (exact) mass is 337 g/mol. The highest BCUT2D eigenvalue weighted by atomic mass is 127. The van der Waals surface area contributed by atoms with Gasteiger partial charge in [0.1, 0.15) is 0 Å². The lowest BCUT2D eigenvalue weighted by molar-refractivity contribution is -0.124. The van der Waals surface area contributed by atoms with Gasteiger partial charge >= 0.3 is 0 Å². The van der Waals surface area contributed by atoms with Gasteiger partial charge < -0.3 is 5.32 Å². The predicted molar refractivity (Wildman–Crippen MR) is 76.7 cm³/mol. The molecule has 1 aliphatic carbocycles. The smallest absolute Gasteiger partial charge is 0.224 e. The second-order valence-corrected chi connectivity index (χ2v) is 7.27. The third-order valence-electron chi connectivity index (χ3n) is 4.58. The van der Waals surface area contributed by atoms with Crippen LogP contribution in [0.15, 0.2) is 0 Å². The Morgan fingerprint density at radius 1 is 1.25 bits per heavy atom. The molecule has 0 aromatic carbocycles. The normalized spacial score (nSPS) is 24.2. The number of hydrogen-bond donors (Lipinski definition) is 1. The third kappa shape index (κ3) is 2.24. The molecule has 1 fully saturated rings. The SMILES string of the molecule is CC(C)C(CI)NC(=O)C1C(C)(C)C1(C)C. The van der Waals surface area contributed by atoms with Crippen molar-refractivity contribution in [1.29, 1.82) is 0 Å². The van der Waals surface area contributed by atoms with E-state index in [4.69, 9.17) is 0 Å². The van der Waals surface area contributed by atoms with Crippen molar-refractivity contribution in [2.45, 2.75) is 47.6 Å². The maximum absolute atomic E-state index is 12.2. The van der Waals surface area contributed by atoms with Crippen LogP contribution in [0.2, 0.25) is 0 Å². The third-order valence-corrected chi connectivity index (χ3v) is 5.53.